The zero-order chi connectivity index (χ0) is 13.9. The molecule has 3 rings (SSSR count). The average molecular weight is 263 g/mol. The van der Waals surface area contributed by atoms with Gasteiger partial charge in [-0.25, -0.2) is 9.37 Å². The highest BCUT2D eigenvalue weighted by atomic mass is 19.1. The van der Waals surface area contributed by atoms with E-state index < -0.39 is 0 Å². The smallest absolute Gasteiger partial charge is 0.132 e. The third-order valence-electron chi connectivity index (χ3n) is 2.95. The van der Waals surface area contributed by atoms with Crippen molar-refractivity contribution in [1.82, 2.24) is 4.98 Å². The average Bonchev–Trinajstić information content (AvgIpc) is 2.49. The maximum absolute atomic E-state index is 12.9. The summed E-state index contributed by atoms with van der Waals surface area (Å²) in [5, 5.41) is 13.1. The molecule has 0 bridgehead atoms. The zero-order valence-corrected chi connectivity index (χ0v) is 10.5. The van der Waals surface area contributed by atoms with E-state index in [1.807, 2.05) is 24.3 Å². The van der Waals surface area contributed by atoms with Gasteiger partial charge in [-0.15, -0.1) is 0 Å². The third-order valence-corrected chi connectivity index (χ3v) is 2.95. The molecule has 1 aromatic heterocycles. The van der Waals surface area contributed by atoms with Crippen LogP contribution in [-0.2, 0) is 0 Å². The van der Waals surface area contributed by atoms with Gasteiger partial charge in [0, 0.05) is 11.1 Å². The van der Waals surface area contributed by atoms with Gasteiger partial charge in [0.2, 0.25) is 0 Å². The van der Waals surface area contributed by atoms with Crippen molar-refractivity contribution in [2.24, 2.45) is 0 Å². The summed E-state index contributed by atoms with van der Waals surface area (Å²) in [5.41, 5.74) is 2.02. The number of benzene rings is 2. The number of fused-ring (bicyclic) bond motifs is 1. The van der Waals surface area contributed by atoms with Gasteiger partial charge < -0.3 is 5.32 Å². The first-order valence-corrected chi connectivity index (χ1v) is 6.09. The number of anilines is 2. The van der Waals surface area contributed by atoms with Crippen LogP contribution in [0.1, 0.15) is 5.56 Å². The molecule has 0 unspecified atom stereocenters. The highest BCUT2D eigenvalue weighted by Gasteiger charge is 2.05. The number of para-hydroxylation sites is 1. The molecule has 0 saturated heterocycles. The predicted molar refractivity (Wildman–Crippen MR) is 76.1 cm³/mol. The molecule has 0 fully saturated rings. The molecule has 0 saturated carbocycles. The number of pyridine rings is 1. The van der Waals surface area contributed by atoms with E-state index in [1.54, 1.807) is 18.2 Å². The van der Waals surface area contributed by atoms with E-state index in [0.717, 1.165) is 16.6 Å². The number of halogens is 1. The quantitative estimate of drug-likeness (QED) is 0.760. The van der Waals surface area contributed by atoms with E-state index in [1.165, 1.54) is 12.1 Å². The summed E-state index contributed by atoms with van der Waals surface area (Å²) >= 11 is 0. The number of hydrogen-bond acceptors (Lipinski definition) is 3. The van der Waals surface area contributed by atoms with Crippen molar-refractivity contribution < 1.29 is 4.39 Å². The molecule has 0 aliphatic heterocycles. The van der Waals surface area contributed by atoms with E-state index in [2.05, 4.69) is 16.4 Å². The second-order valence-corrected chi connectivity index (χ2v) is 4.32. The van der Waals surface area contributed by atoms with Crippen LogP contribution in [0.2, 0.25) is 0 Å². The van der Waals surface area contributed by atoms with Crippen LogP contribution in [0.5, 0.6) is 0 Å². The van der Waals surface area contributed by atoms with Crippen molar-refractivity contribution in [2.45, 2.75) is 0 Å². The largest absolute Gasteiger partial charge is 0.340 e. The lowest BCUT2D eigenvalue weighted by atomic mass is 10.1. The molecule has 0 atom stereocenters. The van der Waals surface area contributed by atoms with Crippen molar-refractivity contribution in [3.63, 3.8) is 0 Å². The lowest BCUT2D eigenvalue weighted by Gasteiger charge is -2.08. The standard InChI is InChI=1S/C16H10FN3/c17-12-5-7-13(8-6-12)19-16-9-11(10-18)14-3-1-2-4-15(14)20-16/h1-9H,(H,19,20). The number of rotatable bonds is 2. The topological polar surface area (TPSA) is 48.7 Å². The monoisotopic (exact) mass is 263 g/mol. The lowest BCUT2D eigenvalue weighted by Crippen LogP contribution is -1.95. The van der Waals surface area contributed by atoms with E-state index in [0.29, 0.717) is 11.4 Å². The Labute approximate surface area is 115 Å². The molecule has 0 aliphatic carbocycles. The molecule has 4 heteroatoms. The van der Waals surface area contributed by atoms with Gasteiger partial charge in [-0.2, -0.15) is 5.26 Å². The molecule has 3 nitrogen and oxygen atoms in total. The fourth-order valence-corrected chi connectivity index (χ4v) is 2.01. The molecule has 96 valence electrons. The highest BCUT2D eigenvalue weighted by Crippen LogP contribution is 2.22. The first kappa shape index (κ1) is 12.1. The predicted octanol–water partition coefficient (Wildman–Crippen LogP) is 3.99. The van der Waals surface area contributed by atoms with E-state index in [4.69, 9.17) is 0 Å². The Morgan fingerprint density at radius 1 is 1.05 bits per heavy atom. The number of aromatic nitrogens is 1. The minimum Gasteiger partial charge on any atom is -0.340 e. The van der Waals surface area contributed by atoms with E-state index in [9.17, 15) is 9.65 Å². The maximum Gasteiger partial charge on any atom is 0.132 e. The van der Waals surface area contributed by atoms with E-state index >= 15 is 0 Å². The van der Waals surface area contributed by atoms with Crippen molar-refractivity contribution in [3.8, 4) is 6.07 Å². The number of hydrogen-bond donors (Lipinski definition) is 1. The number of nitrogens with one attached hydrogen (secondary N) is 1. The fourth-order valence-electron chi connectivity index (χ4n) is 2.01. The third kappa shape index (κ3) is 2.29. The van der Waals surface area contributed by atoms with Crippen molar-refractivity contribution in [3.05, 3.63) is 66.0 Å². The van der Waals surface area contributed by atoms with Crippen molar-refractivity contribution >= 4 is 22.4 Å². The van der Waals surface area contributed by atoms with Crippen LogP contribution in [-0.4, -0.2) is 4.98 Å². The van der Waals surface area contributed by atoms with Crippen molar-refractivity contribution in [2.75, 3.05) is 5.32 Å². The number of nitriles is 1. The summed E-state index contributed by atoms with van der Waals surface area (Å²) in [6.45, 7) is 0. The summed E-state index contributed by atoms with van der Waals surface area (Å²) in [7, 11) is 0. The SMILES string of the molecule is N#Cc1cc(Nc2ccc(F)cc2)nc2ccccc12. The summed E-state index contributed by atoms with van der Waals surface area (Å²) in [4.78, 5) is 4.45. The van der Waals surface area contributed by atoms with Crippen LogP contribution in [0.4, 0.5) is 15.9 Å². The molecule has 3 aromatic rings. The second-order valence-electron chi connectivity index (χ2n) is 4.32. The summed E-state index contributed by atoms with van der Waals surface area (Å²) < 4.78 is 12.9. The highest BCUT2D eigenvalue weighted by molar-refractivity contribution is 5.86. The first-order valence-electron chi connectivity index (χ1n) is 6.09. The molecule has 1 heterocycles. The minimum atomic E-state index is -0.292. The normalized spacial score (nSPS) is 10.2. The van der Waals surface area contributed by atoms with Gasteiger partial charge in [-0.3, -0.25) is 0 Å². The molecule has 20 heavy (non-hydrogen) atoms. The summed E-state index contributed by atoms with van der Waals surface area (Å²) in [6, 6.07) is 17.3. The summed E-state index contributed by atoms with van der Waals surface area (Å²) in [5.74, 6) is 0.270. The van der Waals surface area contributed by atoms with Gasteiger partial charge in [0.15, 0.2) is 0 Å². The Bertz CT molecular complexity index is 804. The minimum absolute atomic E-state index is 0.292. The van der Waals surface area contributed by atoms with Crippen LogP contribution in [0.3, 0.4) is 0 Å². The van der Waals surface area contributed by atoms with Crippen molar-refractivity contribution in [1.29, 1.82) is 5.26 Å². The molecule has 0 amide bonds. The van der Waals surface area contributed by atoms with Gasteiger partial charge in [0.1, 0.15) is 11.6 Å². The van der Waals surface area contributed by atoms with Crippen LogP contribution < -0.4 is 5.32 Å². The number of nitrogens with zero attached hydrogens (tertiary/aromatic N) is 2. The Morgan fingerprint density at radius 3 is 2.55 bits per heavy atom. The molecule has 0 radical (unpaired) electrons. The van der Waals surface area contributed by atoms with Gasteiger partial charge in [-0.05, 0) is 36.4 Å². The van der Waals surface area contributed by atoms with Gasteiger partial charge in [0.05, 0.1) is 17.1 Å². The van der Waals surface area contributed by atoms with E-state index in [-0.39, 0.29) is 5.82 Å². The second kappa shape index (κ2) is 4.98. The molecule has 0 aliphatic rings. The Balaban J connectivity index is 2.04. The maximum atomic E-state index is 12.9. The zero-order valence-electron chi connectivity index (χ0n) is 10.5. The molecule has 2 aromatic carbocycles. The molecule has 1 N–H and O–H groups in total. The van der Waals surface area contributed by atoms with Crippen LogP contribution in [0.15, 0.2) is 54.6 Å². The molecular formula is C16H10FN3. The van der Waals surface area contributed by atoms with Gasteiger partial charge >= 0.3 is 0 Å². The Kier molecular flexibility index (Phi) is 3.02. The van der Waals surface area contributed by atoms with Gasteiger partial charge in [-0.1, -0.05) is 18.2 Å². The fraction of sp³-hybridized carbons (Fsp3) is 0. The van der Waals surface area contributed by atoms with Gasteiger partial charge in [0.25, 0.3) is 0 Å². The Hall–Kier alpha value is -2.93. The van der Waals surface area contributed by atoms with Crippen LogP contribution >= 0.6 is 0 Å². The van der Waals surface area contributed by atoms with Crippen LogP contribution in [0.25, 0.3) is 10.9 Å². The Morgan fingerprint density at radius 2 is 1.80 bits per heavy atom. The molecular weight excluding hydrogens is 253 g/mol. The molecule has 0 spiro atoms. The summed E-state index contributed by atoms with van der Waals surface area (Å²) in [6.07, 6.45) is 0. The lowest BCUT2D eigenvalue weighted by molar-refractivity contribution is 0.628. The first-order chi connectivity index (χ1) is 9.76. The van der Waals surface area contributed by atoms with Crippen LogP contribution in [0, 0.1) is 17.1 Å².